The van der Waals surface area contributed by atoms with Crippen LogP contribution in [0, 0.1) is 0 Å². The van der Waals surface area contributed by atoms with Gasteiger partial charge >= 0.3 is 10.3 Å². The molecule has 15 heteroatoms. The van der Waals surface area contributed by atoms with Crippen molar-refractivity contribution in [3.8, 4) is 0 Å². The summed E-state index contributed by atoms with van der Waals surface area (Å²) in [5.74, 6) is -0.592. The minimum Gasteiger partial charge on any atom is -0.387 e. The maximum absolute atomic E-state index is 12.0. The molecule has 0 aliphatic carbocycles. The number of carbonyl (C=O) groups excluding carboxylic acids is 1. The number of aromatic nitrogens is 4. The van der Waals surface area contributed by atoms with Crippen molar-refractivity contribution >= 4 is 33.2 Å². The Balaban J connectivity index is 1.42. The Morgan fingerprint density at radius 1 is 1.37 bits per heavy atom. The summed E-state index contributed by atoms with van der Waals surface area (Å²) < 4.78 is 37.6. The van der Waals surface area contributed by atoms with Gasteiger partial charge in [-0.25, -0.2) is 19.7 Å². The molecule has 2 aromatic heterocycles. The summed E-state index contributed by atoms with van der Waals surface area (Å²) in [5, 5.41) is 23.5. The largest absolute Gasteiger partial charge is 0.387 e. The summed E-state index contributed by atoms with van der Waals surface area (Å²) in [6, 6.07) is -0.605. The molecule has 6 N–H and O–H groups in total. The predicted octanol–water partition coefficient (Wildman–Crippen LogP) is -2.84. The van der Waals surface area contributed by atoms with Gasteiger partial charge in [0, 0.05) is 0 Å². The van der Waals surface area contributed by atoms with E-state index in [1.807, 2.05) is 4.72 Å². The molecular formula is C15H21N7O7S. The van der Waals surface area contributed by atoms with Crippen molar-refractivity contribution in [3.63, 3.8) is 0 Å². The molecule has 4 heterocycles. The Hall–Kier alpha value is -2.43. The van der Waals surface area contributed by atoms with Gasteiger partial charge in [0.25, 0.3) is 5.91 Å². The van der Waals surface area contributed by atoms with Crippen LogP contribution in [0.3, 0.4) is 0 Å². The van der Waals surface area contributed by atoms with Gasteiger partial charge in [0.2, 0.25) is 0 Å². The van der Waals surface area contributed by atoms with E-state index in [0.29, 0.717) is 13.0 Å². The van der Waals surface area contributed by atoms with E-state index in [1.165, 1.54) is 17.2 Å². The highest BCUT2D eigenvalue weighted by Gasteiger charge is 2.45. The normalized spacial score (nSPS) is 29.5. The molecule has 2 aliphatic heterocycles. The number of fused-ring (bicyclic) bond motifs is 1. The fourth-order valence-electron chi connectivity index (χ4n) is 3.44. The van der Waals surface area contributed by atoms with Crippen LogP contribution in [0.25, 0.3) is 11.2 Å². The van der Waals surface area contributed by atoms with Crippen molar-refractivity contribution < 1.29 is 32.3 Å². The number of hydrogen-bond donors (Lipinski definition) is 5. The van der Waals surface area contributed by atoms with Crippen molar-refractivity contribution in [2.75, 3.05) is 18.9 Å². The third-order valence-corrected chi connectivity index (χ3v) is 5.89. The second kappa shape index (κ2) is 8.01. The predicted molar refractivity (Wildman–Crippen MR) is 99.7 cm³/mol. The zero-order valence-corrected chi connectivity index (χ0v) is 16.4. The highest BCUT2D eigenvalue weighted by Crippen LogP contribution is 2.32. The van der Waals surface area contributed by atoms with Gasteiger partial charge in [0.1, 0.15) is 30.2 Å². The average Bonchev–Trinajstić information content (AvgIpc) is 3.42. The van der Waals surface area contributed by atoms with Crippen LogP contribution in [0.15, 0.2) is 12.7 Å². The number of nitrogen functional groups attached to an aromatic ring is 1. The third-order valence-electron chi connectivity index (χ3n) is 4.99. The molecule has 1 amide bonds. The topological polar surface area (TPSA) is 204 Å². The van der Waals surface area contributed by atoms with Crippen LogP contribution in [-0.4, -0.2) is 81.6 Å². The van der Waals surface area contributed by atoms with E-state index in [0.717, 1.165) is 6.42 Å². The fraction of sp³-hybridized carbons (Fsp3) is 0.600. The third kappa shape index (κ3) is 3.94. The van der Waals surface area contributed by atoms with Gasteiger partial charge < -0.3 is 26.0 Å². The first-order valence-electron chi connectivity index (χ1n) is 9.16. The van der Waals surface area contributed by atoms with Crippen LogP contribution in [0.2, 0.25) is 0 Å². The number of rotatable bonds is 6. The zero-order valence-electron chi connectivity index (χ0n) is 15.6. The number of aliphatic hydroxyl groups excluding tert-OH is 2. The maximum Gasteiger partial charge on any atom is 0.362 e. The van der Waals surface area contributed by atoms with Gasteiger partial charge in [-0.2, -0.15) is 8.42 Å². The number of ether oxygens (including phenoxy) is 1. The van der Waals surface area contributed by atoms with E-state index < -0.39 is 53.4 Å². The summed E-state index contributed by atoms with van der Waals surface area (Å²) in [5.41, 5.74) is 6.29. The van der Waals surface area contributed by atoms with Gasteiger partial charge in [0.15, 0.2) is 17.7 Å². The van der Waals surface area contributed by atoms with Crippen molar-refractivity contribution in [1.29, 1.82) is 0 Å². The van der Waals surface area contributed by atoms with Crippen LogP contribution in [-0.2, 0) is 24.0 Å². The van der Waals surface area contributed by atoms with Crippen molar-refractivity contribution in [3.05, 3.63) is 12.7 Å². The minimum absolute atomic E-state index is 0.130. The molecule has 164 valence electrons. The highest BCUT2D eigenvalue weighted by molar-refractivity contribution is 7.85. The monoisotopic (exact) mass is 443 g/mol. The lowest BCUT2D eigenvalue weighted by Crippen LogP contribution is -2.44. The van der Waals surface area contributed by atoms with E-state index >= 15 is 0 Å². The Labute approximate surface area is 170 Å². The molecule has 4 rings (SSSR count). The standard InChI is InChI=1S/C15H21N7O7S/c16-12-9-13(19-5-18-12)22(6-20-9)15-11(24)10(23)8(29-15)4-28-30(26,27)21-14(25)7-2-1-3-17-7/h5-8,10-11,15,17,23-24H,1-4H2,(H,21,25)(H2,16,18,19)/t7-,8-,10-,11-,15-/m1/s1. The number of hydrogen-bond acceptors (Lipinski definition) is 12. The number of carbonyl (C=O) groups is 1. The summed E-state index contributed by atoms with van der Waals surface area (Å²) >= 11 is 0. The molecule has 2 aromatic rings. The summed E-state index contributed by atoms with van der Waals surface area (Å²) in [6.45, 7) is -0.000929. The molecule has 2 saturated heterocycles. The molecule has 0 unspecified atom stereocenters. The van der Waals surface area contributed by atoms with E-state index in [-0.39, 0.29) is 17.0 Å². The van der Waals surface area contributed by atoms with Gasteiger partial charge in [-0.3, -0.25) is 13.5 Å². The first kappa shape index (κ1) is 20.8. The molecule has 30 heavy (non-hydrogen) atoms. The number of nitrogens with zero attached hydrogens (tertiary/aromatic N) is 4. The molecular weight excluding hydrogens is 422 g/mol. The lowest BCUT2D eigenvalue weighted by molar-refractivity contribution is -0.121. The van der Waals surface area contributed by atoms with Gasteiger partial charge in [-0.15, -0.1) is 0 Å². The number of imidazole rings is 1. The van der Waals surface area contributed by atoms with E-state index in [2.05, 4.69) is 20.3 Å². The van der Waals surface area contributed by atoms with E-state index in [1.54, 1.807) is 0 Å². The number of anilines is 1. The van der Waals surface area contributed by atoms with Gasteiger partial charge in [0.05, 0.1) is 19.0 Å². The molecule has 0 radical (unpaired) electrons. The van der Waals surface area contributed by atoms with Crippen molar-refractivity contribution in [2.24, 2.45) is 0 Å². The van der Waals surface area contributed by atoms with Crippen LogP contribution in [0.4, 0.5) is 5.82 Å². The fourth-order valence-corrected chi connectivity index (χ4v) is 4.20. The average molecular weight is 443 g/mol. The minimum atomic E-state index is -4.43. The zero-order chi connectivity index (χ0) is 21.5. The number of amides is 1. The smallest absolute Gasteiger partial charge is 0.362 e. The molecule has 0 bridgehead atoms. The Bertz CT molecular complexity index is 1040. The molecule has 5 atom stereocenters. The summed E-state index contributed by atoms with van der Waals surface area (Å²) in [7, 11) is -4.43. The first-order chi connectivity index (χ1) is 14.3. The van der Waals surface area contributed by atoms with Crippen LogP contribution in [0.5, 0.6) is 0 Å². The Morgan fingerprint density at radius 3 is 2.90 bits per heavy atom. The van der Waals surface area contributed by atoms with Crippen LogP contribution >= 0.6 is 0 Å². The Kier molecular flexibility index (Phi) is 5.56. The maximum atomic E-state index is 12.0. The summed E-state index contributed by atoms with van der Waals surface area (Å²) in [6.07, 6.45) is -1.40. The number of nitrogens with two attached hydrogens (primary N) is 1. The molecule has 14 nitrogen and oxygen atoms in total. The lowest BCUT2D eigenvalue weighted by atomic mass is 10.1. The molecule has 0 aromatic carbocycles. The van der Waals surface area contributed by atoms with Crippen molar-refractivity contribution in [2.45, 2.75) is 43.4 Å². The Morgan fingerprint density at radius 2 is 2.17 bits per heavy atom. The molecule has 2 fully saturated rings. The SMILES string of the molecule is Nc1ncnc2c1ncn2[C@@H]1O[C@H](COS(=O)(=O)NC(=O)[C@H]2CCCN2)[C@@H](O)[C@H]1O. The van der Waals surface area contributed by atoms with Crippen LogP contribution in [0.1, 0.15) is 19.1 Å². The van der Waals surface area contributed by atoms with E-state index in [9.17, 15) is 23.4 Å². The highest BCUT2D eigenvalue weighted by atomic mass is 32.2. The second-order valence-corrected chi connectivity index (χ2v) is 8.33. The molecule has 2 aliphatic rings. The quantitative estimate of drug-likeness (QED) is 0.306. The lowest BCUT2D eigenvalue weighted by Gasteiger charge is -2.16. The first-order valence-corrected chi connectivity index (χ1v) is 10.6. The van der Waals surface area contributed by atoms with E-state index in [4.69, 9.17) is 14.7 Å². The van der Waals surface area contributed by atoms with Gasteiger partial charge in [-0.05, 0) is 19.4 Å². The summed E-state index contributed by atoms with van der Waals surface area (Å²) in [4.78, 5) is 23.9. The molecule has 0 spiro atoms. The second-order valence-electron chi connectivity index (χ2n) is 6.98. The van der Waals surface area contributed by atoms with Crippen molar-refractivity contribution in [1.82, 2.24) is 29.6 Å². The van der Waals surface area contributed by atoms with Gasteiger partial charge in [-0.1, -0.05) is 0 Å². The van der Waals surface area contributed by atoms with Crippen LogP contribution < -0.4 is 15.8 Å². The molecule has 0 saturated carbocycles. The number of nitrogens with one attached hydrogen (secondary N) is 2. The number of aliphatic hydroxyl groups is 2.